The van der Waals surface area contributed by atoms with Crippen molar-refractivity contribution in [3.05, 3.63) is 70.9 Å². The number of nitrogens with zero attached hydrogens (tertiary/aromatic N) is 3. The summed E-state index contributed by atoms with van der Waals surface area (Å²) in [6.45, 7) is 5.29. The highest BCUT2D eigenvalue weighted by Gasteiger charge is 2.41. The fourth-order valence-electron chi connectivity index (χ4n) is 5.10. The Hall–Kier alpha value is -4.15. The molecule has 11 heteroatoms. The van der Waals surface area contributed by atoms with Crippen LogP contribution in [0.2, 0.25) is 5.02 Å². The van der Waals surface area contributed by atoms with Crippen LogP contribution >= 0.6 is 11.6 Å². The molecule has 0 spiro atoms. The number of rotatable bonds is 10. The molecule has 43 heavy (non-hydrogen) atoms. The molecule has 3 aromatic rings. The fraction of sp³-hybridized carbons (Fsp3) is 0.375. The summed E-state index contributed by atoms with van der Waals surface area (Å²) < 4.78 is 11.2. The highest BCUT2D eigenvalue weighted by Crippen LogP contribution is 2.37. The van der Waals surface area contributed by atoms with Crippen LogP contribution in [-0.2, 0) is 9.53 Å². The van der Waals surface area contributed by atoms with Gasteiger partial charge in [0.1, 0.15) is 11.4 Å². The van der Waals surface area contributed by atoms with Gasteiger partial charge in [-0.25, -0.2) is 9.78 Å². The van der Waals surface area contributed by atoms with Gasteiger partial charge in [-0.15, -0.1) is 0 Å². The smallest absolute Gasteiger partial charge is 0.492 e. The highest BCUT2D eigenvalue weighted by atomic mass is 35.5. The first-order valence-electron chi connectivity index (χ1n) is 14.1. The number of amides is 2. The van der Waals surface area contributed by atoms with E-state index in [4.69, 9.17) is 26.1 Å². The lowest BCUT2D eigenvalue weighted by Crippen LogP contribution is -2.58. The second-order valence-corrected chi connectivity index (χ2v) is 11.3. The molecular formula is C32H37ClN4O6. The van der Waals surface area contributed by atoms with Gasteiger partial charge >= 0.3 is 6.16 Å². The molecule has 4 rings (SSSR count). The van der Waals surface area contributed by atoms with Gasteiger partial charge in [0.15, 0.2) is 5.72 Å². The third-order valence-electron chi connectivity index (χ3n) is 7.42. The van der Waals surface area contributed by atoms with Crippen LogP contribution in [0.25, 0.3) is 22.4 Å². The second-order valence-electron chi connectivity index (χ2n) is 10.9. The third kappa shape index (κ3) is 8.03. The van der Waals surface area contributed by atoms with Crippen LogP contribution < -0.4 is 10.1 Å². The van der Waals surface area contributed by atoms with E-state index in [1.807, 2.05) is 63.5 Å². The molecule has 10 nitrogen and oxygen atoms in total. The average molecular weight is 609 g/mol. The molecule has 2 heterocycles. The second kappa shape index (κ2) is 13.9. The Morgan fingerprint density at radius 1 is 1.07 bits per heavy atom. The van der Waals surface area contributed by atoms with Gasteiger partial charge in [-0.2, -0.15) is 0 Å². The summed E-state index contributed by atoms with van der Waals surface area (Å²) in [6, 6.07) is 16.7. The van der Waals surface area contributed by atoms with Crippen LogP contribution in [0.4, 0.5) is 4.79 Å². The Morgan fingerprint density at radius 2 is 1.79 bits per heavy atom. The number of aromatic nitrogens is 1. The number of piperidine rings is 1. The number of carbonyl (C=O) groups is 3. The third-order valence-corrected chi connectivity index (χ3v) is 7.73. The van der Waals surface area contributed by atoms with Gasteiger partial charge in [0.25, 0.3) is 5.91 Å². The standard InChI is InChI=1S/C32H37ClN4O6/c1-21-8-5-6-9-24(21)25-11-13-27(30(39)35-32(43-31(40)41)14-17-37(18-15-32)22(2)38)34-29(25)23-10-12-26(33)28(20-23)42-19-7-16-36(3)4/h5-6,8-13,20H,7,14-19H2,1-4H3,(H,35,39)(H,40,41). The zero-order chi connectivity index (χ0) is 31.1. The number of nitrogens with one attached hydrogen (secondary N) is 1. The van der Waals surface area contributed by atoms with Gasteiger partial charge in [0.05, 0.1) is 17.3 Å². The van der Waals surface area contributed by atoms with Crippen molar-refractivity contribution in [3.63, 3.8) is 0 Å². The van der Waals surface area contributed by atoms with Gasteiger partial charge in [-0.05, 0) is 62.8 Å². The van der Waals surface area contributed by atoms with Crippen molar-refractivity contribution in [2.24, 2.45) is 0 Å². The molecule has 228 valence electrons. The lowest BCUT2D eigenvalue weighted by molar-refractivity contribution is -0.134. The lowest BCUT2D eigenvalue weighted by atomic mass is 9.95. The Bertz CT molecular complexity index is 1490. The van der Waals surface area contributed by atoms with E-state index in [0.29, 0.717) is 28.6 Å². The molecule has 0 aliphatic carbocycles. The molecule has 1 aliphatic rings. The summed E-state index contributed by atoms with van der Waals surface area (Å²) in [7, 11) is 4.00. The zero-order valence-corrected chi connectivity index (χ0v) is 25.6. The van der Waals surface area contributed by atoms with E-state index in [9.17, 15) is 19.5 Å². The number of aryl methyl sites for hydroxylation is 1. The van der Waals surface area contributed by atoms with Crippen molar-refractivity contribution >= 4 is 29.6 Å². The maximum absolute atomic E-state index is 13.6. The zero-order valence-electron chi connectivity index (χ0n) is 24.9. The van der Waals surface area contributed by atoms with E-state index in [2.05, 4.69) is 10.2 Å². The van der Waals surface area contributed by atoms with Crippen LogP contribution in [0.5, 0.6) is 5.75 Å². The minimum Gasteiger partial charge on any atom is -0.492 e. The summed E-state index contributed by atoms with van der Waals surface area (Å²) in [4.78, 5) is 45.4. The number of pyridine rings is 1. The molecular weight excluding hydrogens is 572 g/mol. The quantitative estimate of drug-likeness (QED) is 0.177. The monoisotopic (exact) mass is 608 g/mol. The van der Waals surface area contributed by atoms with Crippen LogP contribution in [0.1, 0.15) is 42.2 Å². The Balaban J connectivity index is 1.70. The molecule has 2 aromatic carbocycles. The molecule has 0 bridgehead atoms. The number of hydrogen-bond acceptors (Lipinski definition) is 7. The number of benzene rings is 2. The number of likely N-dealkylation sites (tertiary alicyclic amines) is 1. The summed E-state index contributed by atoms with van der Waals surface area (Å²) in [5.41, 5.74) is 2.62. The molecule has 0 atom stereocenters. The first-order chi connectivity index (χ1) is 20.5. The highest BCUT2D eigenvalue weighted by molar-refractivity contribution is 6.32. The van der Waals surface area contributed by atoms with Gasteiger partial charge < -0.3 is 29.7 Å². The molecule has 1 aromatic heterocycles. The molecule has 1 saturated heterocycles. The van der Waals surface area contributed by atoms with Crippen molar-refractivity contribution in [2.45, 2.75) is 38.8 Å². The van der Waals surface area contributed by atoms with Crippen LogP contribution in [0.3, 0.4) is 0 Å². The van der Waals surface area contributed by atoms with Crippen molar-refractivity contribution in [1.82, 2.24) is 20.1 Å². The number of carbonyl (C=O) groups excluding carboxylic acids is 2. The Kier molecular flexibility index (Phi) is 10.3. The molecule has 0 unspecified atom stereocenters. The lowest BCUT2D eigenvalue weighted by Gasteiger charge is -2.40. The SMILES string of the molecule is CC(=O)N1CCC(NC(=O)c2ccc(-c3ccccc3C)c(-c3ccc(Cl)c(OCCCN(C)C)c3)n2)(OC(=O)O)CC1. The van der Waals surface area contributed by atoms with Gasteiger partial charge in [-0.1, -0.05) is 41.9 Å². The van der Waals surface area contributed by atoms with Crippen LogP contribution in [0, 0.1) is 6.92 Å². The number of halogens is 1. The topological polar surface area (TPSA) is 121 Å². The first kappa shape index (κ1) is 31.8. The van der Waals surface area contributed by atoms with E-state index < -0.39 is 17.8 Å². The van der Waals surface area contributed by atoms with E-state index >= 15 is 0 Å². The fourth-order valence-corrected chi connectivity index (χ4v) is 5.27. The Morgan fingerprint density at radius 3 is 2.44 bits per heavy atom. The van der Waals surface area contributed by atoms with Gasteiger partial charge in [-0.3, -0.25) is 9.59 Å². The molecule has 0 radical (unpaired) electrons. The minimum atomic E-state index is -1.51. The predicted molar refractivity (Wildman–Crippen MR) is 164 cm³/mol. The van der Waals surface area contributed by atoms with E-state index in [1.165, 1.54) is 6.92 Å². The summed E-state index contributed by atoms with van der Waals surface area (Å²) in [5.74, 6) is -0.210. The summed E-state index contributed by atoms with van der Waals surface area (Å²) in [6.07, 6.45) is -0.464. The molecule has 0 saturated carbocycles. The molecule has 2 N–H and O–H groups in total. The first-order valence-corrected chi connectivity index (χ1v) is 14.5. The summed E-state index contributed by atoms with van der Waals surface area (Å²) >= 11 is 6.48. The van der Waals surface area contributed by atoms with Crippen LogP contribution in [0.15, 0.2) is 54.6 Å². The number of ether oxygens (including phenoxy) is 2. The van der Waals surface area contributed by atoms with E-state index in [-0.39, 0.29) is 37.5 Å². The van der Waals surface area contributed by atoms with Crippen molar-refractivity contribution in [2.75, 3.05) is 40.3 Å². The van der Waals surface area contributed by atoms with E-state index in [0.717, 1.165) is 29.7 Å². The maximum atomic E-state index is 13.6. The largest absolute Gasteiger partial charge is 0.507 e. The number of hydrogen-bond donors (Lipinski definition) is 2. The van der Waals surface area contributed by atoms with Crippen molar-refractivity contribution in [1.29, 1.82) is 0 Å². The van der Waals surface area contributed by atoms with Crippen molar-refractivity contribution in [3.8, 4) is 28.1 Å². The van der Waals surface area contributed by atoms with Gasteiger partial charge in [0, 0.05) is 50.5 Å². The molecule has 1 fully saturated rings. The maximum Gasteiger partial charge on any atom is 0.507 e. The molecule has 2 amide bonds. The number of carboxylic acid groups (broad SMARTS) is 1. The van der Waals surface area contributed by atoms with Gasteiger partial charge in [0.2, 0.25) is 5.91 Å². The van der Waals surface area contributed by atoms with E-state index in [1.54, 1.807) is 17.0 Å². The minimum absolute atomic E-state index is 0.0816. The summed E-state index contributed by atoms with van der Waals surface area (Å²) in [5, 5.41) is 12.7. The van der Waals surface area contributed by atoms with Crippen molar-refractivity contribution < 1.29 is 29.0 Å². The average Bonchev–Trinajstić information content (AvgIpc) is 2.96. The normalized spacial score (nSPS) is 14.3. The molecule has 1 aliphatic heterocycles. The Labute approximate surface area is 256 Å². The van der Waals surface area contributed by atoms with Crippen LogP contribution in [-0.4, -0.2) is 83.9 Å². The predicted octanol–water partition coefficient (Wildman–Crippen LogP) is 5.47.